The van der Waals surface area contributed by atoms with Gasteiger partial charge in [-0.3, -0.25) is 4.79 Å². The summed E-state index contributed by atoms with van der Waals surface area (Å²) < 4.78 is 0. The largest absolute Gasteiger partial charge is 2.00 e. The Morgan fingerprint density at radius 1 is 0.560 bits per heavy atom. The molecule has 6 aromatic rings. The van der Waals surface area contributed by atoms with Gasteiger partial charge >= 0.3 is 19.5 Å². The minimum Gasteiger partial charge on any atom is -0.657 e. The number of ketones is 1. The molecule has 0 atom stereocenters. The van der Waals surface area contributed by atoms with Crippen molar-refractivity contribution in [1.29, 1.82) is 0 Å². The van der Waals surface area contributed by atoms with Crippen molar-refractivity contribution >= 4 is 40.0 Å². The molecule has 2 aliphatic heterocycles. The number of carbonyl (C=O) groups excluding carboxylic acids is 1. The third-order valence-electron chi connectivity index (χ3n) is 9.73. The van der Waals surface area contributed by atoms with Gasteiger partial charge in [-0.25, -0.2) is 9.97 Å². The molecule has 50 heavy (non-hydrogen) atoms. The van der Waals surface area contributed by atoms with Crippen LogP contribution in [-0.2, 0) is 24.9 Å². The number of carbonyl (C=O) groups is 1. The second kappa shape index (κ2) is 12.6. The van der Waals surface area contributed by atoms with E-state index in [4.69, 9.17) is 19.9 Å². The number of aromatic nitrogens is 4. The molecule has 5 nitrogen and oxygen atoms in total. The zero-order valence-electron chi connectivity index (χ0n) is 29.3. The molecule has 3 aromatic carbocycles. The molecule has 5 heterocycles. The van der Waals surface area contributed by atoms with Gasteiger partial charge < -0.3 is 9.97 Å². The summed E-state index contributed by atoms with van der Waals surface area (Å²) in [6.07, 6.45) is 4.18. The Hall–Kier alpha value is -5.19. The minimum absolute atomic E-state index is 0. The molecule has 240 valence electrons. The first kappa shape index (κ1) is 33.3. The van der Waals surface area contributed by atoms with Crippen LogP contribution < -0.4 is 9.97 Å². The molecule has 0 fully saturated rings. The number of nitrogens with zero attached hydrogens (tertiary/aromatic N) is 4. The Morgan fingerprint density at radius 3 is 1.82 bits per heavy atom. The van der Waals surface area contributed by atoms with Crippen LogP contribution in [0.4, 0.5) is 0 Å². The van der Waals surface area contributed by atoms with E-state index in [1.165, 1.54) is 11.1 Å². The van der Waals surface area contributed by atoms with Crippen molar-refractivity contribution in [1.82, 2.24) is 19.9 Å². The van der Waals surface area contributed by atoms with Gasteiger partial charge in [-0.1, -0.05) is 108 Å². The van der Waals surface area contributed by atoms with Crippen LogP contribution >= 0.6 is 0 Å². The van der Waals surface area contributed by atoms with Crippen LogP contribution in [0.15, 0.2) is 97.1 Å². The van der Waals surface area contributed by atoms with Crippen molar-refractivity contribution < 1.29 is 24.3 Å². The molecule has 0 spiro atoms. The SMILES string of the molecule is Cc1ccc(-c2c3nc(c(-c4c(C)cc(C)cc4C)c4ccc([n-]4)c(-c4ccccc4)c4nc(cc5ccc2[n-]5)C(C)(C)C4=O)C=C3)cc1.[Zn+2]. The molecular formula is C44H36N4OZn. The molecule has 2 aliphatic rings. The molecular weight excluding hydrogens is 666 g/mol. The van der Waals surface area contributed by atoms with Crippen molar-refractivity contribution in [3.05, 3.63) is 142 Å². The van der Waals surface area contributed by atoms with Gasteiger partial charge in [0.2, 0.25) is 0 Å². The summed E-state index contributed by atoms with van der Waals surface area (Å²) in [6, 6.07) is 32.9. The topological polar surface area (TPSA) is 71.1 Å². The third kappa shape index (κ3) is 5.58. The number of hydrogen-bond donors (Lipinski definition) is 0. The maximum absolute atomic E-state index is 14.3. The summed E-state index contributed by atoms with van der Waals surface area (Å²) in [5.74, 6) is -0.0403. The van der Waals surface area contributed by atoms with E-state index in [2.05, 4.69) is 82.3 Å². The summed E-state index contributed by atoms with van der Waals surface area (Å²) in [4.78, 5) is 35.1. The molecule has 6 heteroatoms. The summed E-state index contributed by atoms with van der Waals surface area (Å²) in [6.45, 7) is 12.4. The van der Waals surface area contributed by atoms with E-state index in [1.54, 1.807) is 0 Å². The van der Waals surface area contributed by atoms with E-state index in [9.17, 15) is 4.79 Å². The predicted octanol–water partition coefficient (Wildman–Crippen LogP) is 10.1. The molecule has 8 rings (SSSR count). The van der Waals surface area contributed by atoms with Crippen molar-refractivity contribution in [2.45, 2.75) is 47.0 Å². The Morgan fingerprint density at radius 2 is 1.14 bits per heavy atom. The van der Waals surface area contributed by atoms with Crippen LogP contribution in [0.1, 0.15) is 63.7 Å². The van der Waals surface area contributed by atoms with Crippen LogP contribution in [0.2, 0.25) is 0 Å². The summed E-state index contributed by atoms with van der Waals surface area (Å²) >= 11 is 0. The van der Waals surface area contributed by atoms with Gasteiger partial charge in [-0.05, 0) is 98.2 Å². The normalized spacial score (nSPS) is 13.4. The minimum atomic E-state index is -0.851. The Balaban J connectivity index is 0.00000392. The first-order valence-corrected chi connectivity index (χ1v) is 16.7. The number of hydrogen-bond acceptors (Lipinski definition) is 3. The van der Waals surface area contributed by atoms with Gasteiger partial charge in [0.15, 0.2) is 5.78 Å². The van der Waals surface area contributed by atoms with Crippen LogP contribution in [0, 0.1) is 27.7 Å². The van der Waals surface area contributed by atoms with Crippen LogP contribution in [0.5, 0.6) is 0 Å². The average molecular weight is 702 g/mol. The Kier molecular flexibility index (Phi) is 8.40. The first-order chi connectivity index (χ1) is 23.6. The summed E-state index contributed by atoms with van der Waals surface area (Å²) in [5, 5.41) is 0. The second-order valence-corrected chi connectivity index (χ2v) is 13.8. The van der Waals surface area contributed by atoms with Gasteiger partial charge in [0, 0.05) is 0 Å². The van der Waals surface area contributed by atoms with E-state index in [-0.39, 0.29) is 25.3 Å². The van der Waals surface area contributed by atoms with E-state index < -0.39 is 5.41 Å². The zero-order valence-corrected chi connectivity index (χ0v) is 32.3. The fourth-order valence-electron chi connectivity index (χ4n) is 7.24. The fourth-order valence-corrected chi connectivity index (χ4v) is 7.24. The van der Waals surface area contributed by atoms with Crippen molar-refractivity contribution in [3.8, 4) is 33.4 Å². The molecule has 0 saturated heterocycles. The monoisotopic (exact) mass is 700 g/mol. The number of aryl methyl sites for hydroxylation is 4. The van der Waals surface area contributed by atoms with Crippen molar-refractivity contribution in [3.63, 3.8) is 0 Å². The van der Waals surface area contributed by atoms with Crippen molar-refractivity contribution in [2.75, 3.05) is 0 Å². The molecule has 8 bridgehead atoms. The molecule has 0 radical (unpaired) electrons. The Labute approximate surface area is 305 Å². The molecule has 0 saturated carbocycles. The third-order valence-corrected chi connectivity index (χ3v) is 9.73. The van der Waals surface area contributed by atoms with E-state index in [1.807, 2.05) is 68.4 Å². The number of Topliss-reactive ketones (excluding diaryl/α,β-unsaturated/α-hetero) is 1. The van der Waals surface area contributed by atoms with Gasteiger partial charge in [0.25, 0.3) is 0 Å². The first-order valence-electron chi connectivity index (χ1n) is 16.7. The second-order valence-electron chi connectivity index (χ2n) is 13.8. The van der Waals surface area contributed by atoms with Crippen LogP contribution in [0.3, 0.4) is 0 Å². The average Bonchev–Trinajstić information content (AvgIpc) is 3.88. The quantitative estimate of drug-likeness (QED) is 0.172. The van der Waals surface area contributed by atoms with Gasteiger partial charge in [0.05, 0.1) is 22.5 Å². The van der Waals surface area contributed by atoms with E-state index >= 15 is 0 Å². The van der Waals surface area contributed by atoms with Gasteiger partial charge in [0.1, 0.15) is 5.69 Å². The molecule has 0 N–H and O–H groups in total. The molecule has 0 aliphatic carbocycles. The van der Waals surface area contributed by atoms with Crippen molar-refractivity contribution in [2.24, 2.45) is 0 Å². The predicted molar refractivity (Wildman–Crippen MR) is 200 cm³/mol. The number of benzene rings is 3. The van der Waals surface area contributed by atoms with E-state index in [0.717, 1.165) is 72.4 Å². The van der Waals surface area contributed by atoms with Gasteiger partial charge in [-0.15, -0.1) is 22.1 Å². The smallest absolute Gasteiger partial charge is 0.657 e. The Bertz CT molecular complexity index is 2500. The zero-order chi connectivity index (χ0) is 34.0. The maximum atomic E-state index is 14.3. The van der Waals surface area contributed by atoms with Crippen LogP contribution in [-0.4, -0.2) is 15.8 Å². The standard InChI is InChI=1S/C44H37N4O.Zn/c1-25-12-14-30(15-13-25)39-32-17-16-31(45-32)24-37-44(5,6)43(49)42(48-37)40(29-10-8-7-9-11-29)34-19-21-36(47-34)41(35-20-18-33(39)46-35)38-27(3)22-26(2)23-28(38)4;/h7-24H,1-6H3,(H-,45,46,47,48,49);/q-1;+2/p-1. The molecule has 0 amide bonds. The molecule has 0 unspecified atom stereocenters. The fraction of sp³-hybridized carbons (Fsp3) is 0.159. The van der Waals surface area contributed by atoms with E-state index in [0.29, 0.717) is 16.9 Å². The summed E-state index contributed by atoms with van der Waals surface area (Å²) in [5.41, 5.74) is 15.3. The summed E-state index contributed by atoms with van der Waals surface area (Å²) in [7, 11) is 0. The number of fused-ring (bicyclic) bond motifs is 8. The molecule has 3 aromatic heterocycles. The maximum Gasteiger partial charge on any atom is 2.00 e. The number of rotatable bonds is 3. The van der Waals surface area contributed by atoms with Gasteiger partial charge in [-0.2, -0.15) is 0 Å². The van der Waals surface area contributed by atoms with Crippen LogP contribution in [0.25, 0.3) is 67.6 Å².